The molecule has 3 rings (SSSR count). The summed E-state index contributed by atoms with van der Waals surface area (Å²) in [5.74, 6) is -2.08. The fraction of sp³-hybridized carbons (Fsp3) is 0.250. The van der Waals surface area contributed by atoms with Crippen molar-refractivity contribution in [2.75, 3.05) is 0 Å². The second-order valence-electron chi connectivity index (χ2n) is 7.39. The van der Waals surface area contributed by atoms with Crippen LogP contribution in [-0.2, 0) is 10.2 Å². The van der Waals surface area contributed by atoms with Gasteiger partial charge in [0.1, 0.15) is 5.41 Å². The summed E-state index contributed by atoms with van der Waals surface area (Å²) in [6.07, 6.45) is 0. The van der Waals surface area contributed by atoms with E-state index in [9.17, 15) is 14.7 Å². The monoisotopic (exact) mass is 376 g/mol. The number of aromatic carboxylic acids is 1. The average Bonchev–Trinajstić information content (AvgIpc) is 2.68. The largest absolute Gasteiger partial charge is 0.480 e. The van der Waals surface area contributed by atoms with Gasteiger partial charge in [-0.1, -0.05) is 55.0 Å². The number of carbonyl (C=O) groups is 2. The summed E-state index contributed by atoms with van der Waals surface area (Å²) in [5.41, 5.74) is 4.48. The Kier molecular flexibility index (Phi) is 4.99. The summed E-state index contributed by atoms with van der Waals surface area (Å²) in [5, 5.41) is 19.5. The molecule has 0 fully saturated rings. The van der Waals surface area contributed by atoms with E-state index in [2.05, 4.69) is 0 Å². The Morgan fingerprint density at radius 1 is 0.893 bits per heavy atom. The van der Waals surface area contributed by atoms with Gasteiger partial charge in [0.15, 0.2) is 0 Å². The van der Waals surface area contributed by atoms with Crippen LogP contribution in [0.4, 0.5) is 0 Å². The molecule has 0 spiro atoms. The molecule has 4 heteroatoms. The van der Waals surface area contributed by atoms with E-state index in [0.29, 0.717) is 0 Å². The maximum atomic E-state index is 12.6. The molecule has 0 saturated carbocycles. The quantitative estimate of drug-likeness (QED) is 0.772. The molecule has 28 heavy (non-hydrogen) atoms. The van der Waals surface area contributed by atoms with Crippen LogP contribution in [0.15, 0.2) is 71.3 Å². The topological polar surface area (TPSA) is 74.6 Å². The predicted octanol–water partition coefficient (Wildman–Crippen LogP) is 5.17. The standard InChI is InChI=1S/C24H24O4/c1-14-16(3)24(23(27)28,20-8-6-5-7-9-20)17(4)15(2)21(14)18-10-12-19(13-11-18)22(25)26/h5-13,16H,1-4H3,(H,25,26)(H,27,28). The molecule has 2 atom stereocenters. The summed E-state index contributed by atoms with van der Waals surface area (Å²) in [7, 11) is 0. The molecule has 0 bridgehead atoms. The third kappa shape index (κ3) is 2.76. The van der Waals surface area contributed by atoms with Gasteiger partial charge in [0.25, 0.3) is 0 Å². The van der Waals surface area contributed by atoms with Crippen molar-refractivity contribution in [2.45, 2.75) is 33.1 Å². The van der Waals surface area contributed by atoms with Crippen LogP contribution in [0.25, 0.3) is 5.57 Å². The third-order valence-electron chi connectivity index (χ3n) is 6.21. The number of hydrogen-bond acceptors (Lipinski definition) is 2. The van der Waals surface area contributed by atoms with Crippen LogP contribution in [0.5, 0.6) is 0 Å². The first-order chi connectivity index (χ1) is 13.2. The third-order valence-corrected chi connectivity index (χ3v) is 6.21. The number of carboxylic acids is 2. The Balaban J connectivity index is 2.23. The van der Waals surface area contributed by atoms with E-state index in [4.69, 9.17) is 5.11 Å². The van der Waals surface area contributed by atoms with Crippen LogP contribution in [0.3, 0.4) is 0 Å². The van der Waals surface area contributed by atoms with Gasteiger partial charge in [-0.15, -0.1) is 0 Å². The normalized spacial score (nSPS) is 22.4. The van der Waals surface area contributed by atoms with Gasteiger partial charge >= 0.3 is 11.9 Å². The smallest absolute Gasteiger partial charge is 0.335 e. The fourth-order valence-electron chi connectivity index (χ4n) is 4.51. The van der Waals surface area contributed by atoms with Crippen molar-refractivity contribution in [1.29, 1.82) is 0 Å². The van der Waals surface area contributed by atoms with Gasteiger partial charge in [-0.25, -0.2) is 4.79 Å². The van der Waals surface area contributed by atoms with Crippen molar-refractivity contribution in [2.24, 2.45) is 5.92 Å². The van der Waals surface area contributed by atoms with Gasteiger partial charge < -0.3 is 10.2 Å². The van der Waals surface area contributed by atoms with Gasteiger partial charge in [0.05, 0.1) is 5.56 Å². The molecule has 2 N–H and O–H groups in total. The molecule has 0 aromatic heterocycles. The van der Waals surface area contributed by atoms with E-state index in [1.165, 1.54) is 0 Å². The second kappa shape index (κ2) is 7.12. The van der Waals surface area contributed by atoms with Crippen LogP contribution in [-0.4, -0.2) is 22.2 Å². The number of carboxylic acid groups (broad SMARTS) is 2. The Morgan fingerprint density at radius 3 is 1.96 bits per heavy atom. The number of hydrogen-bond donors (Lipinski definition) is 2. The van der Waals surface area contributed by atoms with Crippen LogP contribution in [0, 0.1) is 5.92 Å². The summed E-state index contributed by atoms with van der Waals surface area (Å²) >= 11 is 0. The van der Waals surface area contributed by atoms with E-state index in [1.807, 2.05) is 58.0 Å². The Labute approximate surface area is 164 Å². The minimum absolute atomic E-state index is 0.230. The SMILES string of the molecule is CC1=C(C)C(C(=O)O)(c2ccccc2)C(C)C(C)=C1c1ccc(C(=O)O)cc1. The van der Waals surface area contributed by atoms with E-state index in [0.717, 1.165) is 33.4 Å². The molecule has 2 unspecified atom stereocenters. The lowest BCUT2D eigenvalue weighted by Gasteiger charge is -2.43. The lowest BCUT2D eigenvalue weighted by molar-refractivity contribution is -0.143. The zero-order valence-electron chi connectivity index (χ0n) is 16.5. The van der Waals surface area contributed by atoms with Crippen molar-refractivity contribution >= 4 is 17.5 Å². The predicted molar refractivity (Wildman–Crippen MR) is 109 cm³/mol. The highest BCUT2D eigenvalue weighted by Gasteiger charge is 2.51. The lowest BCUT2D eigenvalue weighted by Crippen LogP contribution is -2.46. The number of allylic oxidation sites excluding steroid dienone is 3. The molecule has 1 aliphatic carbocycles. The van der Waals surface area contributed by atoms with Crippen LogP contribution in [0.1, 0.15) is 49.2 Å². The maximum Gasteiger partial charge on any atom is 0.335 e. The highest BCUT2D eigenvalue weighted by atomic mass is 16.4. The van der Waals surface area contributed by atoms with Crippen molar-refractivity contribution in [1.82, 2.24) is 0 Å². The fourth-order valence-corrected chi connectivity index (χ4v) is 4.51. The molecule has 0 amide bonds. The van der Waals surface area contributed by atoms with Crippen molar-refractivity contribution < 1.29 is 19.8 Å². The highest BCUT2D eigenvalue weighted by Crippen LogP contribution is 2.51. The van der Waals surface area contributed by atoms with E-state index in [1.54, 1.807) is 24.3 Å². The van der Waals surface area contributed by atoms with E-state index in [-0.39, 0.29) is 11.5 Å². The zero-order valence-corrected chi connectivity index (χ0v) is 16.5. The van der Waals surface area contributed by atoms with Gasteiger partial charge in [-0.05, 0) is 60.8 Å². The molecule has 144 valence electrons. The molecular weight excluding hydrogens is 352 g/mol. The summed E-state index contributed by atoms with van der Waals surface area (Å²) in [4.78, 5) is 23.8. The molecule has 2 aromatic carbocycles. The Bertz CT molecular complexity index is 997. The molecule has 0 heterocycles. The van der Waals surface area contributed by atoms with Crippen molar-refractivity contribution in [3.05, 3.63) is 88.0 Å². The van der Waals surface area contributed by atoms with Crippen LogP contribution >= 0.6 is 0 Å². The lowest BCUT2D eigenvalue weighted by atomic mass is 9.58. The molecule has 0 radical (unpaired) electrons. The number of aliphatic carboxylic acids is 1. The molecule has 1 aliphatic rings. The highest BCUT2D eigenvalue weighted by molar-refractivity contribution is 5.94. The molecule has 4 nitrogen and oxygen atoms in total. The Morgan fingerprint density at radius 2 is 1.46 bits per heavy atom. The number of benzene rings is 2. The van der Waals surface area contributed by atoms with Crippen molar-refractivity contribution in [3.8, 4) is 0 Å². The minimum Gasteiger partial charge on any atom is -0.480 e. The van der Waals surface area contributed by atoms with Crippen LogP contribution < -0.4 is 0 Å². The average molecular weight is 376 g/mol. The van der Waals surface area contributed by atoms with Gasteiger partial charge in [-0.2, -0.15) is 0 Å². The van der Waals surface area contributed by atoms with E-state index >= 15 is 0 Å². The maximum absolute atomic E-state index is 12.6. The molecule has 0 aliphatic heterocycles. The van der Waals surface area contributed by atoms with Crippen molar-refractivity contribution in [3.63, 3.8) is 0 Å². The summed E-state index contributed by atoms with van der Waals surface area (Å²) in [6, 6.07) is 16.1. The van der Waals surface area contributed by atoms with Gasteiger partial charge in [-0.3, -0.25) is 4.79 Å². The van der Waals surface area contributed by atoms with Gasteiger partial charge in [0, 0.05) is 5.92 Å². The summed E-state index contributed by atoms with van der Waals surface area (Å²) < 4.78 is 0. The van der Waals surface area contributed by atoms with E-state index < -0.39 is 17.4 Å². The zero-order chi connectivity index (χ0) is 20.6. The Hall–Kier alpha value is -3.14. The second-order valence-corrected chi connectivity index (χ2v) is 7.39. The van der Waals surface area contributed by atoms with Gasteiger partial charge in [0.2, 0.25) is 0 Å². The molecular formula is C24H24O4. The summed E-state index contributed by atoms with van der Waals surface area (Å²) in [6.45, 7) is 7.77. The first-order valence-corrected chi connectivity index (χ1v) is 9.24. The number of rotatable bonds is 4. The first kappa shape index (κ1) is 19.6. The molecule has 0 saturated heterocycles. The first-order valence-electron chi connectivity index (χ1n) is 9.24. The minimum atomic E-state index is -1.13. The van der Waals surface area contributed by atoms with Crippen LogP contribution in [0.2, 0.25) is 0 Å². The molecule has 2 aromatic rings.